The first-order valence-corrected chi connectivity index (χ1v) is 6.94. The zero-order chi connectivity index (χ0) is 12.8. The van der Waals surface area contributed by atoms with Gasteiger partial charge in [0.25, 0.3) is 0 Å². The normalized spacial score (nSPS) is 17.8. The SMILES string of the molecule is CC1(C)C(=O)C(c2ccsc2)=C1c1ccccc1. The summed E-state index contributed by atoms with van der Waals surface area (Å²) < 4.78 is 0. The van der Waals surface area contributed by atoms with Crippen molar-refractivity contribution < 1.29 is 4.79 Å². The number of ketones is 1. The van der Waals surface area contributed by atoms with Crippen LogP contribution in [0.5, 0.6) is 0 Å². The van der Waals surface area contributed by atoms with Crippen molar-refractivity contribution in [3.8, 4) is 0 Å². The van der Waals surface area contributed by atoms with Crippen molar-refractivity contribution >= 4 is 28.3 Å². The van der Waals surface area contributed by atoms with E-state index >= 15 is 0 Å². The molecule has 0 radical (unpaired) electrons. The van der Waals surface area contributed by atoms with Gasteiger partial charge in [-0.15, -0.1) is 0 Å². The van der Waals surface area contributed by atoms with Crippen LogP contribution in [0, 0.1) is 5.41 Å². The third kappa shape index (κ3) is 1.49. The van der Waals surface area contributed by atoms with Crippen molar-refractivity contribution in [2.45, 2.75) is 13.8 Å². The maximum absolute atomic E-state index is 12.3. The van der Waals surface area contributed by atoms with Gasteiger partial charge in [0.2, 0.25) is 0 Å². The molecule has 0 unspecified atom stereocenters. The molecule has 0 aliphatic heterocycles. The van der Waals surface area contributed by atoms with Gasteiger partial charge in [0.15, 0.2) is 5.78 Å². The van der Waals surface area contributed by atoms with Crippen LogP contribution in [0.2, 0.25) is 0 Å². The summed E-state index contributed by atoms with van der Waals surface area (Å²) >= 11 is 1.63. The number of hydrogen-bond acceptors (Lipinski definition) is 2. The lowest BCUT2D eigenvalue weighted by molar-refractivity contribution is -0.120. The van der Waals surface area contributed by atoms with Gasteiger partial charge in [-0.2, -0.15) is 11.3 Å². The summed E-state index contributed by atoms with van der Waals surface area (Å²) in [6, 6.07) is 12.2. The first-order valence-electron chi connectivity index (χ1n) is 6.00. The van der Waals surface area contributed by atoms with E-state index in [2.05, 4.69) is 12.1 Å². The molecule has 2 heteroatoms. The molecule has 2 aromatic rings. The molecule has 0 spiro atoms. The molecule has 90 valence electrons. The van der Waals surface area contributed by atoms with Crippen molar-refractivity contribution in [3.63, 3.8) is 0 Å². The Balaban J connectivity index is 2.22. The van der Waals surface area contributed by atoms with Crippen LogP contribution in [0.15, 0.2) is 47.2 Å². The van der Waals surface area contributed by atoms with Gasteiger partial charge in [-0.1, -0.05) is 30.3 Å². The van der Waals surface area contributed by atoms with Crippen molar-refractivity contribution in [1.29, 1.82) is 0 Å². The van der Waals surface area contributed by atoms with Crippen LogP contribution in [0.25, 0.3) is 11.1 Å². The zero-order valence-corrected chi connectivity index (χ0v) is 11.3. The van der Waals surface area contributed by atoms with Crippen molar-refractivity contribution in [2.75, 3.05) is 0 Å². The van der Waals surface area contributed by atoms with Crippen LogP contribution in [-0.2, 0) is 4.79 Å². The minimum Gasteiger partial charge on any atom is -0.293 e. The molecule has 1 aromatic heterocycles. The second kappa shape index (κ2) is 3.92. The molecule has 0 amide bonds. The van der Waals surface area contributed by atoms with E-state index in [9.17, 15) is 4.79 Å². The quantitative estimate of drug-likeness (QED) is 0.782. The lowest BCUT2D eigenvalue weighted by Crippen LogP contribution is -2.37. The molecule has 3 rings (SSSR count). The van der Waals surface area contributed by atoms with Crippen LogP contribution < -0.4 is 0 Å². The second-order valence-electron chi connectivity index (χ2n) is 5.08. The summed E-state index contributed by atoms with van der Waals surface area (Å²) in [4.78, 5) is 12.3. The third-order valence-electron chi connectivity index (χ3n) is 3.54. The minimum absolute atomic E-state index is 0.250. The Bertz CT molecular complexity index is 618. The van der Waals surface area contributed by atoms with E-state index in [-0.39, 0.29) is 11.2 Å². The van der Waals surface area contributed by atoms with Crippen molar-refractivity contribution in [2.24, 2.45) is 5.41 Å². The van der Waals surface area contributed by atoms with E-state index in [4.69, 9.17) is 0 Å². The maximum atomic E-state index is 12.3. The van der Waals surface area contributed by atoms with E-state index in [1.165, 1.54) is 5.57 Å². The number of hydrogen-bond donors (Lipinski definition) is 0. The molecule has 1 nitrogen and oxygen atoms in total. The minimum atomic E-state index is -0.362. The van der Waals surface area contributed by atoms with E-state index in [0.717, 1.165) is 16.7 Å². The second-order valence-corrected chi connectivity index (χ2v) is 5.86. The van der Waals surface area contributed by atoms with Crippen LogP contribution in [0.3, 0.4) is 0 Å². The Labute approximate surface area is 111 Å². The standard InChI is InChI=1S/C16H14OS/c1-16(2)14(11-6-4-3-5-7-11)13(15(16)17)12-8-9-18-10-12/h3-10H,1-2H3. The van der Waals surface area contributed by atoms with Gasteiger partial charge in [0.1, 0.15) is 0 Å². The van der Waals surface area contributed by atoms with Gasteiger partial charge in [0.05, 0.1) is 5.41 Å². The van der Waals surface area contributed by atoms with Crippen molar-refractivity contribution in [3.05, 3.63) is 58.3 Å². The number of thiophene rings is 1. The summed E-state index contributed by atoms with van der Waals surface area (Å²) in [7, 11) is 0. The lowest BCUT2D eigenvalue weighted by atomic mass is 9.61. The Kier molecular flexibility index (Phi) is 2.49. The van der Waals surface area contributed by atoms with Crippen LogP contribution in [0.1, 0.15) is 25.0 Å². The van der Waals surface area contributed by atoms with Crippen LogP contribution in [-0.4, -0.2) is 5.78 Å². The molecule has 0 fully saturated rings. The lowest BCUT2D eigenvalue weighted by Gasteiger charge is -2.39. The Morgan fingerprint density at radius 3 is 2.33 bits per heavy atom. The summed E-state index contributed by atoms with van der Waals surface area (Å²) in [5, 5.41) is 4.06. The highest BCUT2D eigenvalue weighted by atomic mass is 32.1. The smallest absolute Gasteiger partial charge is 0.173 e. The van der Waals surface area contributed by atoms with E-state index < -0.39 is 0 Å². The first kappa shape index (κ1) is 11.4. The molecular formula is C16H14OS. The fraction of sp³-hybridized carbons (Fsp3) is 0.188. The molecular weight excluding hydrogens is 240 g/mol. The largest absolute Gasteiger partial charge is 0.293 e. The number of rotatable bonds is 2. The van der Waals surface area contributed by atoms with Gasteiger partial charge in [0, 0.05) is 5.57 Å². The molecule has 1 aromatic carbocycles. The maximum Gasteiger partial charge on any atom is 0.173 e. The summed E-state index contributed by atoms with van der Waals surface area (Å²) in [6.07, 6.45) is 0. The molecule has 0 atom stereocenters. The number of benzene rings is 1. The molecule has 18 heavy (non-hydrogen) atoms. The molecule has 0 saturated heterocycles. The average Bonchev–Trinajstić information content (AvgIpc) is 2.89. The van der Waals surface area contributed by atoms with Gasteiger partial charge < -0.3 is 0 Å². The third-order valence-corrected chi connectivity index (χ3v) is 4.23. The Hall–Kier alpha value is -1.67. The fourth-order valence-corrected chi connectivity index (χ4v) is 3.23. The average molecular weight is 254 g/mol. The Morgan fingerprint density at radius 1 is 1.00 bits per heavy atom. The zero-order valence-electron chi connectivity index (χ0n) is 10.4. The van der Waals surface area contributed by atoms with Crippen LogP contribution in [0.4, 0.5) is 0 Å². The fourth-order valence-electron chi connectivity index (χ4n) is 2.58. The predicted molar refractivity (Wildman–Crippen MR) is 76.4 cm³/mol. The van der Waals surface area contributed by atoms with Gasteiger partial charge in [-0.3, -0.25) is 4.79 Å². The van der Waals surface area contributed by atoms with Gasteiger partial charge >= 0.3 is 0 Å². The van der Waals surface area contributed by atoms with E-state index in [1.54, 1.807) is 11.3 Å². The highest BCUT2D eigenvalue weighted by molar-refractivity contribution is 7.08. The molecule has 0 saturated carbocycles. The van der Waals surface area contributed by atoms with Gasteiger partial charge in [-0.25, -0.2) is 0 Å². The monoisotopic (exact) mass is 254 g/mol. The molecule has 1 aliphatic carbocycles. The predicted octanol–water partition coefficient (Wildman–Crippen LogP) is 4.27. The highest BCUT2D eigenvalue weighted by Gasteiger charge is 2.47. The molecule has 0 N–H and O–H groups in total. The number of allylic oxidation sites excluding steroid dienone is 2. The number of carbonyl (C=O) groups excluding carboxylic acids is 1. The van der Waals surface area contributed by atoms with Gasteiger partial charge in [-0.05, 0) is 47.4 Å². The molecule has 0 bridgehead atoms. The number of carbonyl (C=O) groups is 1. The van der Waals surface area contributed by atoms with Crippen LogP contribution >= 0.6 is 11.3 Å². The number of Topliss-reactive ketones (excluding diaryl/α,β-unsaturated/α-hetero) is 1. The molecule has 1 heterocycles. The first-order chi connectivity index (χ1) is 8.62. The van der Waals surface area contributed by atoms with Crippen molar-refractivity contribution in [1.82, 2.24) is 0 Å². The van der Waals surface area contributed by atoms with E-state index in [1.807, 2.05) is 48.9 Å². The molecule has 1 aliphatic rings. The topological polar surface area (TPSA) is 17.1 Å². The summed E-state index contributed by atoms with van der Waals surface area (Å²) in [5.41, 5.74) is 3.92. The van der Waals surface area contributed by atoms with E-state index in [0.29, 0.717) is 0 Å². The highest BCUT2D eigenvalue weighted by Crippen LogP contribution is 2.52. The summed E-state index contributed by atoms with van der Waals surface area (Å²) in [5.74, 6) is 0.250. The Morgan fingerprint density at radius 2 is 1.72 bits per heavy atom. The summed E-state index contributed by atoms with van der Waals surface area (Å²) in [6.45, 7) is 4.01.